The molecule has 5 nitrogen and oxygen atoms in total. The second kappa shape index (κ2) is 7.62. The number of hydrogen-bond acceptors (Lipinski definition) is 4. The van der Waals surface area contributed by atoms with Gasteiger partial charge in [-0.25, -0.2) is 8.42 Å². The van der Waals surface area contributed by atoms with Gasteiger partial charge in [0.15, 0.2) is 0 Å². The molecular formula is C12H16F3NO4S. The van der Waals surface area contributed by atoms with Gasteiger partial charge in [-0.3, -0.25) is 4.72 Å². The Morgan fingerprint density at radius 2 is 1.90 bits per heavy atom. The molecule has 0 fully saturated rings. The Labute approximate surface area is 121 Å². The molecular weight excluding hydrogens is 311 g/mol. The Hall–Kier alpha value is -1.32. The molecule has 0 atom stereocenters. The molecule has 1 rings (SSSR count). The predicted octanol–water partition coefficient (Wildman–Crippen LogP) is 2.11. The van der Waals surface area contributed by atoms with Crippen LogP contribution in [0.4, 0.5) is 18.9 Å². The number of methoxy groups -OCH3 is 1. The van der Waals surface area contributed by atoms with Gasteiger partial charge in [0.25, 0.3) is 0 Å². The SMILES string of the molecule is COCCOCCS(=O)(=O)Nc1cccc(C(F)(F)F)c1. The summed E-state index contributed by atoms with van der Waals surface area (Å²) in [4.78, 5) is 0. The number of alkyl halides is 3. The van der Waals surface area contributed by atoms with E-state index in [1.807, 2.05) is 0 Å². The highest BCUT2D eigenvalue weighted by Gasteiger charge is 2.30. The number of nitrogens with one attached hydrogen (secondary N) is 1. The fraction of sp³-hybridized carbons (Fsp3) is 0.500. The number of benzene rings is 1. The van der Waals surface area contributed by atoms with Gasteiger partial charge in [0, 0.05) is 12.8 Å². The van der Waals surface area contributed by atoms with Crippen LogP contribution in [0.25, 0.3) is 0 Å². The van der Waals surface area contributed by atoms with Crippen LogP contribution in [0.1, 0.15) is 5.56 Å². The molecule has 1 aromatic carbocycles. The van der Waals surface area contributed by atoms with Crippen molar-refractivity contribution in [2.24, 2.45) is 0 Å². The minimum atomic E-state index is -4.52. The summed E-state index contributed by atoms with van der Waals surface area (Å²) >= 11 is 0. The standard InChI is InChI=1S/C12H16F3NO4S/c1-19-5-6-20-7-8-21(17,18)16-11-4-2-3-10(9-11)12(13,14)15/h2-4,9,16H,5-8H2,1H3. The number of hydrogen-bond donors (Lipinski definition) is 1. The third kappa shape index (κ3) is 6.78. The van der Waals surface area contributed by atoms with E-state index in [0.717, 1.165) is 18.2 Å². The monoisotopic (exact) mass is 327 g/mol. The quantitative estimate of drug-likeness (QED) is 0.743. The minimum absolute atomic E-state index is 0.0718. The molecule has 0 aromatic heterocycles. The van der Waals surface area contributed by atoms with E-state index in [-0.39, 0.29) is 24.7 Å². The van der Waals surface area contributed by atoms with E-state index in [0.29, 0.717) is 6.61 Å². The van der Waals surface area contributed by atoms with E-state index in [1.54, 1.807) is 0 Å². The summed E-state index contributed by atoms with van der Waals surface area (Å²) in [5.41, 5.74) is -1.05. The normalized spacial score (nSPS) is 12.4. The number of anilines is 1. The van der Waals surface area contributed by atoms with Gasteiger partial charge in [0.2, 0.25) is 10.0 Å². The summed E-state index contributed by atoms with van der Waals surface area (Å²) in [6.07, 6.45) is -4.52. The maximum Gasteiger partial charge on any atom is 0.416 e. The Kier molecular flexibility index (Phi) is 6.43. The van der Waals surface area contributed by atoms with Gasteiger partial charge >= 0.3 is 6.18 Å². The number of rotatable bonds is 8. The lowest BCUT2D eigenvalue weighted by Crippen LogP contribution is -2.21. The first kappa shape index (κ1) is 17.7. The van der Waals surface area contributed by atoms with Crippen LogP contribution in [0.15, 0.2) is 24.3 Å². The molecule has 0 aliphatic rings. The third-order valence-electron chi connectivity index (χ3n) is 2.39. The Bertz CT molecular complexity index is 546. The molecule has 0 saturated heterocycles. The van der Waals surface area contributed by atoms with Crippen molar-refractivity contribution in [3.8, 4) is 0 Å². The number of halogens is 3. The van der Waals surface area contributed by atoms with Crippen LogP contribution >= 0.6 is 0 Å². The van der Waals surface area contributed by atoms with Crippen LogP contribution in [0.3, 0.4) is 0 Å². The maximum atomic E-state index is 12.5. The molecule has 0 spiro atoms. The summed E-state index contributed by atoms with van der Waals surface area (Å²) in [6.45, 7) is 0.508. The highest BCUT2D eigenvalue weighted by molar-refractivity contribution is 7.92. The van der Waals surface area contributed by atoms with Crippen LogP contribution in [0.5, 0.6) is 0 Å². The number of ether oxygens (including phenoxy) is 2. The van der Waals surface area contributed by atoms with Crippen LogP contribution in [0.2, 0.25) is 0 Å². The van der Waals surface area contributed by atoms with E-state index in [4.69, 9.17) is 9.47 Å². The van der Waals surface area contributed by atoms with Gasteiger partial charge < -0.3 is 9.47 Å². The second-order valence-corrected chi connectivity index (χ2v) is 5.95. The van der Waals surface area contributed by atoms with Crippen LogP contribution in [0, 0.1) is 0 Å². The van der Waals surface area contributed by atoms with Gasteiger partial charge in [-0.1, -0.05) is 6.07 Å². The zero-order chi connectivity index (χ0) is 15.9. The fourth-order valence-corrected chi connectivity index (χ4v) is 2.33. The fourth-order valence-electron chi connectivity index (χ4n) is 1.40. The van der Waals surface area contributed by atoms with Crippen molar-refractivity contribution in [1.29, 1.82) is 0 Å². The molecule has 120 valence electrons. The van der Waals surface area contributed by atoms with E-state index in [2.05, 4.69) is 4.72 Å². The topological polar surface area (TPSA) is 64.6 Å². The first-order valence-electron chi connectivity index (χ1n) is 5.99. The lowest BCUT2D eigenvalue weighted by atomic mass is 10.2. The van der Waals surface area contributed by atoms with Crippen molar-refractivity contribution < 1.29 is 31.1 Å². The molecule has 1 N–H and O–H groups in total. The van der Waals surface area contributed by atoms with Crippen LogP contribution in [-0.4, -0.2) is 41.1 Å². The molecule has 0 amide bonds. The second-order valence-electron chi connectivity index (χ2n) is 4.10. The summed E-state index contributed by atoms with van der Waals surface area (Å²) in [5, 5.41) is 0. The van der Waals surface area contributed by atoms with Gasteiger partial charge in [-0.05, 0) is 18.2 Å². The molecule has 0 saturated carbocycles. The van der Waals surface area contributed by atoms with Gasteiger partial charge in [-0.2, -0.15) is 13.2 Å². The lowest BCUT2D eigenvalue weighted by molar-refractivity contribution is -0.137. The van der Waals surface area contributed by atoms with Crippen LogP contribution < -0.4 is 4.72 Å². The molecule has 0 aliphatic heterocycles. The zero-order valence-corrected chi connectivity index (χ0v) is 12.1. The minimum Gasteiger partial charge on any atom is -0.382 e. The van der Waals surface area contributed by atoms with Crippen molar-refractivity contribution in [3.05, 3.63) is 29.8 Å². The summed E-state index contributed by atoms with van der Waals surface area (Å²) < 4.78 is 72.7. The average molecular weight is 327 g/mol. The van der Waals surface area contributed by atoms with Gasteiger partial charge in [0.05, 0.1) is 31.1 Å². The Balaban J connectivity index is 2.59. The smallest absolute Gasteiger partial charge is 0.382 e. The molecule has 0 heterocycles. The molecule has 1 aromatic rings. The van der Waals surface area contributed by atoms with Crippen molar-refractivity contribution in [3.63, 3.8) is 0 Å². The average Bonchev–Trinajstić information content (AvgIpc) is 2.37. The molecule has 9 heteroatoms. The van der Waals surface area contributed by atoms with E-state index in [1.165, 1.54) is 13.2 Å². The molecule has 0 aliphatic carbocycles. The Morgan fingerprint density at radius 3 is 2.52 bits per heavy atom. The number of sulfonamides is 1. The largest absolute Gasteiger partial charge is 0.416 e. The van der Waals surface area contributed by atoms with E-state index < -0.39 is 21.8 Å². The van der Waals surface area contributed by atoms with Crippen molar-refractivity contribution in [2.75, 3.05) is 37.4 Å². The summed E-state index contributed by atoms with van der Waals surface area (Å²) in [5.74, 6) is -0.354. The van der Waals surface area contributed by atoms with Gasteiger partial charge in [-0.15, -0.1) is 0 Å². The van der Waals surface area contributed by atoms with E-state index >= 15 is 0 Å². The Morgan fingerprint density at radius 1 is 1.19 bits per heavy atom. The van der Waals surface area contributed by atoms with Crippen LogP contribution in [-0.2, 0) is 25.7 Å². The molecule has 0 bridgehead atoms. The first-order valence-corrected chi connectivity index (χ1v) is 7.64. The highest BCUT2D eigenvalue weighted by atomic mass is 32.2. The maximum absolute atomic E-state index is 12.5. The highest BCUT2D eigenvalue weighted by Crippen LogP contribution is 2.30. The zero-order valence-electron chi connectivity index (χ0n) is 11.3. The molecule has 0 radical (unpaired) electrons. The predicted molar refractivity (Wildman–Crippen MR) is 71.5 cm³/mol. The lowest BCUT2D eigenvalue weighted by Gasteiger charge is -2.11. The third-order valence-corrected chi connectivity index (χ3v) is 3.64. The summed E-state index contributed by atoms with van der Waals surface area (Å²) in [6, 6.07) is 3.99. The van der Waals surface area contributed by atoms with Crippen molar-refractivity contribution >= 4 is 15.7 Å². The summed E-state index contributed by atoms with van der Waals surface area (Å²) in [7, 11) is -2.29. The first-order chi connectivity index (χ1) is 9.74. The van der Waals surface area contributed by atoms with E-state index in [9.17, 15) is 21.6 Å². The van der Waals surface area contributed by atoms with Crippen molar-refractivity contribution in [1.82, 2.24) is 0 Å². The molecule has 21 heavy (non-hydrogen) atoms. The van der Waals surface area contributed by atoms with Crippen molar-refractivity contribution in [2.45, 2.75) is 6.18 Å². The molecule has 0 unspecified atom stereocenters. The van der Waals surface area contributed by atoms with Gasteiger partial charge in [0.1, 0.15) is 0 Å².